The van der Waals surface area contributed by atoms with Gasteiger partial charge in [-0.15, -0.1) is 0 Å². The van der Waals surface area contributed by atoms with Crippen molar-refractivity contribution >= 4 is 11.6 Å². The van der Waals surface area contributed by atoms with Crippen molar-refractivity contribution in [1.29, 1.82) is 0 Å². The Morgan fingerprint density at radius 2 is 2.20 bits per heavy atom. The Bertz CT molecular complexity index is 453. The molecule has 0 aliphatic heterocycles. The molecule has 1 N–H and O–H groups in total. The van der Waals surface area contributed by atoms with E-state index in [1.165, 1.54) is 0 Å². The Labute approximate surface area is 92.9 Å². The minimum Gasteiger partial charge on any atom is -0.390 e. The fourth-order valence-corrected chi connectivity index (χ4v) is 1.61. The van der Waals surface area contributed by atoms with E-state index in [1.807, 2.05) is 30.5 Å². The normalized spacial score (nSPS) is 10.5. The fraction of sp³-hybridized carbons (Fsp3) is 0.182. The standard InChI is InChI=1S/C11H11ClN2O/c12-10-3-1-2-9(6-10)7-14-5-4-11(8-15)13-14/h1-6,15H,7-8H2. The molecule has 4 heteroatoms. The zero-order valence-electron chi connectivity index (χ0n) is 8.10. The van der Waals surface area contributed by atoms with Crippen molar-refractivity contribution in [3.05, 3.63) is 52.8 Å². The number of halogens is 1. The summed E-state index contributed by atoms with van der Waals surface area (Å²) in [6, 6.07) is 9.44. The highest BCUT2D eigenvalue weighted by atomic mass is 35.5. The van der Waals surface area contributed by atoms with E-state index in [-0.39, 0.29) is 6.61 Å². The minimum atomic E-state index is -0.0253. The second kappa shape index (κ2) is 4.47. The van der Waals surface area contributed by atoms with Gasteiger partial charge in [0.2, 0.25) is 0 Å². The van der Waals surface area contributed by atoms with Crippen LogP contribution in [0.15, 0.2) is 36.5 Å². The Balaban J connectivity index is 2.14. The fourth-order valence-electron chi connectivity index (χ4n) is 1.40. The van der Waals surface area contributed by atoms with Crippen LogP contribution in [-0.4, -0.2) is 14.9 Å². The van der Waals surface area contributed by atoms with E-state index in [4.69, 9.17) is 16.7 Å². The van der Waals surface area contributed by atoms with Crippen LogP contribution in [0.5, 0.6) is 0 Å². The lowest BCUT2D eigenvalue weighted by Crippen LogP contribution is -2.00. The zero-order valence-corrected chi connectivity index (χ0v) is 8.85. The number of aromatic nitrogens is 2. The monoisotopic (exact) mass is 222 g/mol. The second-order valence-electron chi connectivity index (χ2n) is 3.29. The quantitative estimate of drug-likeness (QED) is 0.864. The lowest BCUT2D eigenvalue weighted by atomic mass is 10.2. The number of hydrogen-bond acceptors (Lipinski definition) is 2. The van der Waals surface area contributed by atoms with Crippen LogP contribution < -0.4 is 0 Å². The third kappa shape index (κ3) is 2.58. The van der Waals surface area contributed by atoms with E-state index >= 15 is 0 Å². The molecule has 0 aliphatic rings. The number of aliphatic hydroxyl groups excluding tert-OH is 1. The van der Waals surface area contributed by atoms with Gasteiger partial charge in [-0.3, -0.25) is 4.68 Å². The molecule has 0 saturated heterocycles. The van der Waals surface area contributed by atoms with Gasteiger partial charge in [0.05, 0.1) is 18.8 Å². The minimum absolute atomic E-state index is 0.0253. The predicted molar refractivity (Wildman–Crippen MR) is 58.7 cm³/mol. The molecule has 1 heterocycles. The average Bonchev–Trinajstić information content (AvgIpc) is 2.65. The molecule has 0 fully saturated rings. The molecule has 0 atom stereocenters. The van der Waals surface area contributed by atoms with Gasteiger partial charge < -0.3 is 5.11 Å². The lowest BCUT2D eigenvalue weighted by Gasteiger charge is -2.01. The van der Waals surface area contributed by atoms with Gasteiger partial charge in [0.1, 0.15) is 0 Å². The summed E-state index contributed by atoms with van der Waals surface area (Å²) >= 11 is 5.87. The smallest absolute Gasteiger partial charge is 0.0879 e. The summed E-state index contributed by atoms with van der Waals surface area (Å²) in [5, 5.41) is 13.8. The highest BCUT2D eigenvalue weighted by Crippen LogP contribution is 2.11. The van der Waals surface area contributed by atoms with Gasteiger partial charge in [-0.05, 0) is 23.8 Å². The van der Waals surface area contributed by atoms with Gasteiger partial charge in [0.15, 0.2) is 0 Å². The number of rotatable bonds is 3. The number of benzene rings is 1. The van der Waals surface area contributed by atoms with Gasteiger partial charge in [0, 0.05) is 11.2 Å². The molecular weight excluding hydrogens is 212 g/mol. The van der Waals surface area contributed by atoms with Crippen LogP contribution in [0.4, 0.5) is 0 Å². The Morgan fingerprint density at radius 3 is 2.87 bits per heavy atom. The van der Waals surface area contributed by atoms with E-state index in [9.17, 15) is 0 Å². The number of aliphatic hydroxyl groups is 1. The highest BCUT2D eigenvalue weighted by Gasteiger charge is 1.99. The highest BCUT2D eigenvalue weighted by molar-refractivity contribution is 6.30. The van der Waals surface area contributed by atoms with Crippen molar-refractivity contribution < 1.29 is 5.11 Å². The first-order chi connectivity index (χ1) is 7.28. The van der Waals surface area contributed by atoms with Crippen LogP contribution in [0.25, 0.3) is 0 Å². The first-order valence-corrected chi connectivity index (χ1v) is 5.03. The van der Waals surface area contributed by atoms with Crippen molar-refractivity contribution in [3.8, 4) is 0 Å². The van der Waals surface area contributed by atoms with Crippen molar-refractivity contribution in [2.24, 2.45) is 0 Å². The maximum atomic E-state index is 8.86. The van der Waals surface area contributed by atoms with Gasteiger partial charge in [-0.25, -0.2) is 0 Å². The van der Waals surface area contributed by atoms with Crippen LogP contribution in [0.1, 0.15) is 11.3 Å². The van der Waals surface area contributed by atoms with Crippen molar-refractivity contribution in [1.82, 2.24) is 9.78 Å². The van der Waals surface area contributed by atoms with Crippen molar-refractivity contribution in [2.75, 3.05) is 0 Å². The molecule has 0 aliphatic carbocycles. The van der Waals surface area contributed by atoms with Crippen LogP contribution in [0.3, 0.4) is 0 Å². The topological polar surface area (TPSA) is 38.0 Å². The van der Waals surface area contributed by atoms with E-state index < -0.39 is 0 Å². The molecule has 1 aromatic heterocycles. The Morgan fingerprint density at radius 1 is 1.33 bits per heavy atom. The Kier molecular flexibility index (Phi) is 3.04. The van der Waals surface area contributed by atoms with Gasteiger partial charge in [-0.1, -0.05) is 23.7 Å². The third-order valence-electron chi connectivity index (χ3n) is 2.09. The summed E-state index contributed by atoms with van der Waals surface area (Å²) < 4.78 is 1.78. The lowest BCUT2D eigenvalue weighted by molar-refractivity contribution is 0.275. The van der Waals surface area contributed by atoms with Crippen molar-refractivity contribution in [2.45, 2.75) is 13.2 Å². The van der Waals surface area contributed by atoms with Gasteiger partial charge in [0.25, 0.3) is 0 Å². The largest absolute Gasteiger partial charge is 0.390 e. The summed E-state index contributed by atoms with van der Waals surface area (Å²) in [5.41, 5.74) is 1.77. The maximum Gasteiger partial charge on any atom is 0.0879 e. The molecule has 78 valence electrons. The first kappa shape index (κ1) is 10.2. The van der Waals surface area contributed by atoms with E-state index in [0.29, 0.717) is 12.2 Å². The van der Waals surface area contributed by atoms with Crippen LogP contribution in [0.2, 0.25) is 5.02 Å². The molecular formula is C11H11ClN2O. The molecule has 0 saturated carbocycles. The summed E-state index contributed by atoms with van der Waals surface area (Å²) in [5.74, 6) is 0. The van der Waals surface area contributed by atoms with Crippen molar-refractivity contribution in [3.63, 3.8) is 0 Å². The van der Waals surface area contributed by atoms with E-state index in [0.717, 1.165) is 10.6 Å². The molecule has 15 heavy (non-hydrogen) atoms. The SMILES string of the molecule is OCc1ccn(Cc2cccc(Cl)c2)n1. The molecule has 0 bridgehead atoms. The number of hydrogen-bond donors (Lipinski definition) is 1. The Hall–Kier alpha value is -1.32. The molecule has 0 radical (unpaired) electrons. The summed E-state index contributed by atoms with van der Waals surface area (Å²) in [7, 11) is 0. The van der Waals surface area contributed by atoms with Crippen LogP contribution >= 0.6 is 11.6 Å². The molecule has 0 spiro atoms. The summed E-state index contributed by atoms with van der Waals surface area (Å²) in [6.45, 7) is 0.642. The molecule has 2 aromatic rings. The maximum absolute atomic E-state index is 8.86. The van der Waals surface area contributed by atoms with Gasteiger partial charge >= 0.3 is 0 Å². The van der Waals surface area contributed by atoms with E-state index in [2.05, 4.69) is 5.10 Å². The van der Waals surface area contributed by atoms with Crippen LogP contribution in [0, 0.1) is 0 Å². The number of nitrogens with zero attached hydrogens (tertiary/aromatic N) is 2. The van der Waals surface area contributed by atoms with Crippen LogP contribution in [-0.2, 0) is 13.2 Å². The zero-order chi connectivity index (χ0) is 10.7. The van der Waals surface area contributed by atoms with Gasteiger partial charge in [-0.2, -0.15) is 5.10 Å². The molecule has 3 nitrogen and oxygen atoms in total. The predicted octanol–water partition coefficient (Wildman–Crippen LogP) is 2.08. The summed E-state index contributed by atoms with van der Waals surface area (Å²) in [6.07, 6.45) is 1.84. The first-order valence-electron chi connectivity index (χ1n) is 4.65. The summed E-state index contributed by atoms with van der Waals surface area (Å²) in [4.78, 5) is 0. The third-order valence-corrected chi connectivity index (χ3v) is 2.33. The average molecular weight is 223 g/mol. The molecule has 0 amide bonds. The van der Waals surface area contributed by atoms with E-state index in [1.54, 1.807) is 10.7 Å². The second-order valence-corrected chi connectivity index (χ2v) is 3.73. The molecule has 0 unspecified atom stereocenters. The molecule has 2 rings (SSSR count). The molecule has 1 aromatic carbocycles.